The third kappa shape index (κ3) is 3.06. The minimum Gasteiger partial charge on any atom is -0.440 e. The van der Waals surface area contributed by atoms with Crippen molar-refractivity contribution in [1.29, 1.82) is 0 Å². The van der Waals surface area contributed by atoms with Crippen LogP contribution in [0.25, 0.3) is 0 Å². The zero-order chi connectivity index (χ0) is 13.9. The summed E-state index contributed by atoms with van der Waals surface area (Å²) < 4.78 is 31.3. The number of hydrogen-bond acceptors (Lipinski definition) is 4. The molecule has 0 N–H and O–H groups in total. The van der Waals surface area contributed by atoms with Crippen LogP contribution in [-0.2, 0) is 10.0 Å². The molecule has 0 amide bonds. The van der Waals surface area contributed by atoms with Gasteiger partial charge in [0.25, 0.3) is 10.0 Å². The zero-order valence-corrected chi connectivity index (χ0v) is 11.9. The molecule has 2 rings (SSSR count). The quantitative estimate of drug-likeness (QED) is 0.796. The van der Waals surface area contributed by atoms with Crippen LogP contribution in [0.1, 0.15) is 43.2 Å². The molecular formula is C13H19NO4S. The van der Waals surface area contributed by atoms with Crippen LogP contribution in [0.4, 0.5) is 0 Å². The smallest absolute Gasteiger partial charge is 0.276 e. The van der Waals surface area contributed by atoms with Crippen molar-refractivity contribution < 1.29 is 17.6 Å². The van der Waals surface area contributed by atoms with E-state index in [9.17, 15) is 13.2 Å². The Bertz CT molecular complexity index is 535. The van der Waals surface area contributed by atoms with Gasteiger partial charge in [0.05, 0.1) is 0 Å². The van der Waals surface area contributed by atoms with Gasteiger partial charge in [0.15, 0.2) is 12.0 Å². The van der Waals surface area contributed by atoms with E-state index >= 15 is 0 Å². The number of rotatable bonds is 4. The molecule has 1 aromatic heterocycles. The molecule has 0 saturated carbocycles. The van der Waals surface area contributed by atoms with Gasteiger partial charge in [0.2, 0.25) is 5.09 Å². The summed E-state index contributed by atoms with van der Waals surface area (Å²) in [5.41, 5.74) is 0. The normalized spacial score (nSPS) is 22.1. The molecule has 5 nitrogen and oxygen atoms in total. The first-order chi connectivity index (χ1) is 9.07. The van der Waals surface area contributed by atoms with Crippen LogP contribution < -0.4 is 0 Å². The fourth-order valence-electron chi connectivity index (χ4n) is 2.45. The second-order valence-corrected chi connectivity index (χ2v) is 6.75. The molecule has 1 aliphatic rings. The summed E-state index contributed by atoms with van der Waals surface area (Å²) in [4.78, 5) is 10.6. The Morgan fingerprint density at radius 3 is 2.79 bits per heavy atom. The molecule has 6 heteroatoms. The van der Waals surface area contributed by atoms with Gasteiger partial charge < -0.3 is 4.42 Å². The van der Waals surface area contributed by atoms with Crippen molar-refractivity contribution in [2.45, 2.75) is 37.7 Å². The minimum atomic E-state index is -3.60. The molecule has 1 fully saturated rings. The van der Waals surface area contributed by atoms with Gasteiger partial charge in [-0.2, -0.15) is 4.31 Å². The Morgan fingerprint density at radius 1 is 1.37 bits per heavy atom. The summed E-state index contributed by atoms with van der Waals surface area (Å²) in [5.74, 6) is 0.641. The minimum absolute atomic E-state index is 0.0415. The number of nitrogens with zero attached hydrogens (tertiary/aromatic N) is 1. The maximum Gasteiger partial charge on any atom is 0.276 e. The Balaban J connectivity index is 2.17. The van der Waals surface area contributed by atoms with Crippen LogP contribution in [0.15, 0.2) is 21.6 Å². The van der Waals surface area contributed by atoms with Crippen LogP contribution in [0.3, 0.4) is 0 Å². The van der Waals surface area contributed by atoms with E-state index in [4.69, 9.17) is 4.42 Å². The fraction of sp³-hybridized carbons (Fsp3) is 0.615. The number of carbonyl (C=O) groups is 1. The van der Waals surface area contributed by atoms with Crippen LogP contribution >= 0.6 is 0 Å². The summed E-state index contributed by atoms with van der Waals surface area (Å²) in [6.45, 7) is 3.19. The molecule has 2 heterocycles. The van der Waals surface area contributed by atoms with E-state index in [1.165, 1.54) is 16.4 Å². The molecule has 1 aromatic rings. The van der Waals surface area contributed by atoms with Crippen LogP contribution in [-0.4, -0.2) is 32.1 Å². The summed E-state index contributed by atoms with van der Waals surface area (Å²) in [6, 6.07) is 2.73. The van der Waals surface area contributed by atoms with E-state index in [0.717, 1.165) is 25.7 Å². The monoisotopic (exact) mass is 285 g/mol. The Labute approximate surface area is 113 Å². The highest BCUT2D eigenvalue weighted by Gasteiger charge is 2.29. The first kappa shape index (κ1) is 14.3. The molecule has 19 heavy (non-hydrogen) atoms. The summed E-state index contributed by atoms with van der Waals surface area (Å²) in [6.07, 6.45) is 4.43. The first-order valence-corrected chi connectivity index (χ1v) is 8.07. The molecule has 0 aromatic carbocycles. The largest absolute Gasteiger partial charge is 0.440 e. The van der Waals surface area contributed by atoms with Gasteiger partial charge in [-0.25, -0.2) is 8.42 Å². The summed E-state index contributed by atoms with van der Waals surface area (Å²) in [7, 11) is -3.60. The van der Waals surface area contributed by atoms with E-state index in [0.29, 0.717) is 25.3 Å². The van der Waals surface area contributed by atoms with Gasteiger partial charge in [-0.3, -0.25) is 4.79 Å². The number of hydrogen-bond donors (Lipinski definition) is 0. The lowest BCUT2D eigenvalue weighted by molar-refractivity contribution is 0.109. The molecule has 1 aliphatic heterocycles. The number of carbonyl (C=O) groups excluding carboxylic acids is 1. The maximum atomic E-state index is 12.4. The molecular weight excluding hydrogens is 266 g/mol. The van der Waals surface area contributed by atoms with Gasteiger partial charge in [-0.05, 0) is 37.3 Å². The highest BCUT2D eigenvalue weighted by atomic mass is 32.2. The highest BCUT2D eigenvalue weighted by Crippen LogP contribution is 2.25. The van der Waals surface area contributed by atoms with E-state index in [1.54, 1.807) is 0 Å². The van der Waals surface area contributed by atoms with Crippen molar-refractivity contribution in [2.24, 2.45) is 5.92 Å². The molecule has 1 atom stereocenters. The average molecular weight is 285 g/mol. The second-order valence-electron chi connectivity index (χ2n) is 4.88. The number of sulfonamides is 1. The molecule has 0 bridgehead atoms. The molecule has 0 spiro atoms. The van der Waals surface area contributed by atoms with Gasteiger partial charge in [-0.15, -0.1) is 0 Å². The second kappa shape index (κ2) is 5.88. The van der Waals surface area contributed by atoms with E-state index in [1.807, 2.05) is 0 Å². The summed E-state index contributed by atoms with van der Waals surface area (Å²) in [5, 5.41) is -0.135. The SMILES string of the molecule is CCC1CCCN(S(=O)(=O)c2ccc(C=O)o2)CC1. The predicted octanol–water partition coefficient (Wildman–Crippen LogP) is 2.29. The average Bonchev–Trinajstić information content (AvgIpc) is 2.76. The molecule has 1 unspecified atom stereocenters. The maximum absolute atomic E-state index is 12.4. The molecule has 106 valence electrons. The lowest BCUT2D eigenvalue weighted by Crippen LogP contribution is -2.31. The summed E-state index contributed by atoms with van der Waals surface area (Å²) >= 11 is 0. The highest BCUT2D eigenvalue weighted by molar-refractivity contribution is 7.89. The third-order valence-corrected chi connectivity index (χ3v) is 5.47. The topological polar surface area (TPSA) is 67.6 Å². The molecule has 0 radical (unpaired) electrons. The van der Waals surface area contributed by atoms with Gasteiger partial charge in [0, 0.05) is 13.1 Å². The van der Waals surface area contributed by atoms with Gasteiger partial charge in [0.1, 0.15) is 0 Å². The van der Waals surface area contributed by atoms with Gasteiger partial charge in [-0.1, -0.05) is 13.3 Å². The van der Waals surface area contributed by atoms with Crippen molar-refractivity contribution in [1.82, 2.24) is 4.31 Å². The van der Waals surface area contributed by atoms with Crippen LogP contribution in [0, 0.1) is 5.92 Å². The van der Waals surface area contributed by atoms with E-state index < -0.39 is 10.0 Å². The number of aldehydes is 1. The van der Waals surface area contributed by atoms with Crippen molar-refractivity contribution in [2.75, 3.05) is 13.1 Å². The van der Waals surface area contributed by atoms with Crippen LogP contribution in [0.2, 0.25) is 0 Å². The first-order valence-electron chi connectivity index (χ1n) is 6.63. The van der Waals surface area contributed by atoms with Crippen molar-refractivity contribution in [3.63, 3.8) is 0 Å². The molecule has 1 saturated heterocycles. The Hall–Kier alpha value is -1.14. The fourth-order valence-corrected chi connectivity index (χ4v) is 3.86. The standard InChI is InChI=1S/C13H19NO4S/c1-2-11-4-3-8-14(9-7-11)19(16,17)13-6-5-12(10-15)18-13/h5-6,10-11H,2-4,7-9H2,1H3. The van der Waals surface area contributed by atoms with Crippen molar-refractivity contribution in [3.05, 3.63) is 17.9 Å². The lowest BCUT2D eigenvalue weighted by atomic mass is 9.98. The Kier molecular flexibility index (Phi) is 4.42. The van der Waals surface area contributed by atoms with Crippen molar-refractivity contribution >= 4 is 16.3 Å². The number of furan rings is 1. The molecule has 0 aliphatic carbocycles. The van der Waals surface area contributed by atoms with E-state index in [-0.39, 0.29) is 10.9 Å². The van der Waals surface area contributed by atoms with Crippen LogP contribution in [0.5, 0.6) is 0 Å². The van der Waals surface area contributed by atoms with Gasteiger partial charge >= 0.3 is 0 Å². The third-order valence-electron chi connectivity index (χ3n) is 3.70. The van der Waals surface area contributed by atoms with E-state index in [2.05, 4.69) is 6.92 Å². The predicted molar refractivity (Wildman–Crippen MR) is 70.5 cm³/mol. The zero-order valence-electron chi connectivity index (χ0n) is 11.0. The Morgan fingerprint density at radius 2 is 2.16 bits per heavy atom. The van der Waals surface area contributed by atoms with Crippen molar-refractivity contribution in [3.8, 4) is 0 Å². The lowest BCUT2D eigenvalue weighted by Gasteiger charge is -2.18.